The van der Waals surface area contributed by atoms with Gasteiger partial charge in [0, 0.05) is 18.6 Å². The Morgan fingerprint density at radius 2 is 1.64 bits per heavy atom. The van der Waals surface area contributed by atoms with Crippen LogP contribution in [0.3, 0.4) is 0 Å². The standard InChI is InChI=1S/C19H39NO2/c1-13(2)18-9-8-16(7)10-19(18)22-12-17(21)11-20(14(3)4)15(5)6/h13-19,21H,8-12H2,1-7H3/t16-,17-,18-,19+/m1/s1. The number of aliphatic hydroxyl groups excluding tert-OH is 1. The second-order valence-electron chi connectivity index (χ2n) is 8.24. The Morgan fingerprint density at radius 3 is 2.14 bits per heavy atom. The van der Waals surface area contributed by atoms with Crippen molar-refractivity contribution in [1.29, 1.82) is 0 Å². The normalized spacial score (nSPS) is 28.1. The van der Waals surface area contributed by atoms with E-state index in [1.807, 2.05) is 0 Å². The second-order valence-corrected chi connectivity index (χ2v) is 8.24. The van der Waals surface area contributed by atoms with E-state index in [-0.39, 0.29) is 0 Å². The molecular weight excluding hydrogens is 274 g/mol. The van der Waals surface area contributed by atoms with Crippen molar-refractivity contribution in [2.75, 3.05) is 13.2 Å². The number of ether oxygens (including phenoxy) is 1. The lowest BCUT2D eigenvalue weighted by atomic mass is 9.75. The van der Waals surface area contributed by atoms with Gasteiger partial charge in [0.05, 0.1) is 18.8 Å². The molecule has 0 heterocycles. The van der Waals surface area contributed by atoms with Crippen LogP contribution >= 0.6 is 0 Å². The predicted octanol–water partition coefficient (Wildman–Crippen LogP) is 3.94. The Labute approximate surface area is 138 Å². The Kier molecular flexibility index (Phi) is 8.37. The van der Waals surface area contributed by atoms with E-state index in [0.717, 1.165) is 12.3 Å². The topological polar surface area (TPSA) is 32.7 Å². The molecule has 1 aliphatic carbocycles. The summed E-state index contributed by atoms with van der Waals surface area (Å²) in [6.07, 6.45) is 3.66. The number of aliphatic hydroxyl groups is 1. The summed E-state index contributed by atoms with van der Waals surface area (Å²) in [6, 6.07) is 0.903. The zero-order valence-electron chi connectivity index (χ0n) is 15.9. The monoisotopic (exact) mass is 313 g/mol. The smallest absolute Gasteiger partial charge is 0.0900 e. The Hall–Kier alpha value is -0.120. The molecule has 0 saturated heterocycles. The van der Waals surface area contributed by atoms with Crippen molar-refractivity contribution >= 4 is 0 Å². The quantitative estimate of drug-likeness (QED) is 0.736. The first-order valence-electron chi connectivity index (χ1n) is 9.27. The summed E-state index contributed by atoms with van der Waals surface area (Å²) in [7, 11) is 0. The fourth-order valence-electron chi connectivity index (χ4n) is 3.86. The zero-order chi connectivity index (χ0) is 16.9. The minimum absolute atomic E-state index is 0.324. The van der Waals surface area contributed by atoms with Crippen LogP contribution in [0.2, 0.25) is 0 Å². The predicted molar refractivity (Wildman–Crippen MR) is 94.1 cm³/mol. The molecule has 0 radical (unpaired) electrons. The maximum atomic E-state index is 10.4. The Balaban J connectivity index is 2.48. The molecule has 4 atom stereocenters. The van der Waals surface area contributed by atoms with Crippen LogP contribution in [0.25, 0.3) is 0 Å². The molecule has 3 heteroatoms. The molecule has 0 unspecified atom stereocenters. The average Bonchev–Trinajstić information content (AvgIpc) is 2.41. The molecule has 1 N–H and O–H groups in total. The van der Waals surface area contributed by atoms with Gasteiger partial charge in [0.15, 0.2) is 0 Å². The second kappa shape index (κ2) is 9.24. The highest BCUT2D eigenvalue weighted by Gasteiger charge is 2.32. The summed E-state index contributed by atoms with van der Waals surface area (Å²) in [4.78, 5) is 2.33. The van der Waals surface area contributed by atoms with Crippen LogP contribution in [0.4, 0.5) is 0 Å². The fourth-order valence-corrected chi connectivity index (χ4v) is 3.86. The molecule has 1 saturated carbocycles. The van der Waals surface area contributed by atoms with E-state index in [4.69, 9.17) is 4.74 Å². The summed E-state index contributed by atoms with van der Waals surface area (Å²) in [5, 5.41) is 10.4. The zero-order valence-corrected chi connectivity index (χ0v) is 15.9. The molecule has 0 spiro atoms. The molecule has 0 aromatic rings. The largest absolute Gasteiger partial charge is 0.389 e. The first-order chi connectivity index (χ1) is 10.2. The SMILES string of the molecule is CC(C)[C@H]1CC[C@@H](C)C[C@@H]1OC[C@H](O)CN(C(C)C)C(C)C. The van der Waals surface area contributed by atoms with Crippen molar-refractivity contribution in [2.24, 2.45) is 17.8 Å². The van der Waals surface area contributed by atoms with Gasteiger partial charge in [-0.1, -0.05) is 27.2 Å². The van der Waals surface area contributed by atoms with E-state index < -0.39 is 6.10 Å². The van der Waals surface area contributed by atoms with E-state index in [0.29, 0.717) is 43.2 Å². The number of hydrogen-bond acceptors (Lipinski definition) is 3. The highest BCUT2D eigenvalue weighted by Crippen LogP contribution is 2.35. The molecular formula is C19H39NO2. The van der Waals surface area contributed by atoms with Crippen LogP contribution in [-0.4, -0.2) is 47.4 Å². The van der Waals surface area contributed by atoms with Crippen molar-refractivity contribution < 1.29 is 9.84 Å². The molecule has 0 aromatic carbocycles. The highest BCUT2D eigenvalue weighted by molar-refractivity contribution is 4.82. The summed E-state index contributed by atoms with van der Waals surface area (Å²) in [6.45, 7) is 16.8. The molecule has 1 rings (SSSR count). The van der Waals surface area contributed by atoms with E-state index >= 15 is 0 Å². The van der Waals surface area contributed by atoms with Gasteiger partial charge in [-0.25, -0.2) is 0 Å². The first-order valence-corrected chi connectivity index (χ1v) is 9.27. The average molecular weight is 314 g/mol. The first kappa shape index (κ1) is 19.9. The molecule has 132 valence electrons. The maximum absolute atomic E-state index is 10.4. The lowest BCUT2D eigenvalue weighted by Gasteiger charge is -2.38. The maximum Gasteiger partial charge on any atom is 0.0900 e. The molecule has 1 aliphatic rings. The van der Waals surface area contributed by atoms with Crippen LogP contribution < -0.4 is 0 Å². The van der Waals surface area contributed by atoms with Crippen LogP contribution in [0.1, 0.15) is 67.7 Å². The van der Waals surface area contributed by atoms with E-state index in [1.54, 1.807) is 0 Å². The molecule has 0 bridgehead atoms. The number of rotatable bonds is 8. The van der Waals surface area contributed by atoms with Crippen LogP contribution in [-0.2, 0) is 4.74 Å². The molecule has 0 amide bonds. The van der Waals surface area contributed by atoms with Crippen LogP contribution in [0, 0.1) is 17.8 Å². The minimum atomic E-state index is -0.394. The van der Waals surface area contributed by atoms with E-state index in [2.05, 4.69) is 53.4 Å². The van der Waals surface area contributed by atoms with Gasteiger partial charge < -0.3 is 9.84 Å². The summed E-state index contributed by atoms with van der Waals surface area (Å²) >= 11 is 0. The molecule has 22 heavy (non-hydrogen) atoms. The van der Waals surface area contributed by atoms with Crippen LogP contribution in [0.5, 0.6) is 0 Å². The third kappa shape index (κ3) is 6.17. The molecule has 0 aliphatic heterocycles. The van der Waals surface area contributed by atoms with Gasteiger partial charge in [-0.05, 0) is 58.3 Å². The van der Waals surface area contributed by atoms with Gasteiger partial charge in [0.25, 0.3) is 0 Å². The Bertz CT molecular complexity index is 296. The number of nitrogens with zero attached hydrogens (tertiary/aromatic N) is 1. The van der Waals surface area contributed by atoms with Gasteiger partial charge in [-0.15, -0.1) is 0 Å². The van der Waals surface area contributed by atoms with Gasteiger partial charge in [-0.2, -0.15) is 0 Å². The van der Waals surface area contributed by atoms with Crippen molar-refractivity contribution in [3.63, 3.8) is 0 Å². The van der Waals surface area contributed by atoms with Crippen molar-refractivity contribution in [1.82, 2.24) is 4.90 Å². The van der Waals surface area contributed by atoms with Crippen molar-refractivity contribution in [2.45, 2.75) is 92.0 Å². The summed E-state index contributed by atoms with van der Waals surface area (Å²) in [5.74, 6) is 2.06. The minimum Gasteiger partial charge on any atom is -0.389 e. The van der Waals surface area contributed by atoms with Gasteiger partial charge >= 0.3 is 0 Å². The lowest BCUT2D eigenvalue weighted by molar-refractivity contribution is -0.0767. The highest BCUT2D eigenvalue weighted by atomic mass is 16.5. The molecule has 0 aromatic heterocycles. The Morgan fingerprint density at radius 1 is 1.05 bits per heavy atom. The summed E-state index contributed by atoms with van der Waals surface area (Å²) in [5.41, 5.74) is 0. The number of hydrogen-bond donors (Lipinski definition) is 1. The van der Waals surface area contributed by atoms with Crippen LogP contribution in [0.15, 0.2) is 0 Å². The summed E-state index contributed by atoms with van der Waals surface area (Å²) < 4.78 is 6.17. The van der Waals surface area contributed by atoms with Gasteiger partial charge in [0.1, 0.15) is 0 Å². The van der Waals surface area contributed by atoms with E-state index in [1.165, 1.54) is 12.8 Å². The molecule has 3 nitrogen and oxygen atoms in total. The van der Waals surface area contributed by atoms with Crippen molar-refractivity contribution in [3.05, 3.63) is 0 Å². The fraction of sp³-hybridized carbons (Fsp3) is 1.00. The van der Waals surface area contributed by atoms with Gasteiger partial charge in [-0.3, -0.25) is 4.90 Å². The van der Waals surface area contributed by atoms with E-state index in [9.17, 15) is 5.11 Å². The third-order valence-electron chi connectivity index (χ3n) is 5.21. The van der Waals surface area contributed by atoms with Gasteiger partial charge in [0.2, 0.25) is 0 Å². The lowest BCUT2D eigenvalue weighted by Crippen LogP contribution is -2.44. The van der Waals surface area contributed by atoms with Crippen molar-refractivity contribution in [3.8, 4) is 0 Å². The third-order valence-corrected chi connectivity index (χ3v) is 5.21. The molecule has 1 fully saturated rings.